The van der Waals surface area contributed by atoms with Crippen LogP contribution in [0.25, 0.3) is 0 Å². The average Bonchev–Trinajstić information content (AvgIpc) is 2.36. The van der Waals surface area contributed by atoms with Crippen molar-refractivity contribution in [3.63, 3.8) is 0 Å². The lowest BCUT2D eigenvalue weighted by atomic mass is 10.0. The predicted molar refractivity (Wildman–Crippen MR) is 77.2 cm³/mol. The van der Waals surface area contributed by atoms with Gasteiger partial charge >= 0.3 is 0 Å². The van der Waals surface area contributed by atoms with Crippen LogP contribution in [0.5, 0.6) is 0 Å². The van der Waals surface area contributed by atoms with Crippen molar-refractivity contribution in [3.8, 4) is 0 Å². The summed E-state index contributed by atoms with van der Waals surface area (Å²) in [6.45, 7) is 6.01. The van der Waals surface area contributed by atoms with E-state index in [-0.39, 0.29) is 17.6 Å². The summed E-state index contributed by atoms with van der Waals surface area (Å²) in [7, 11) is 1.71. The Hall–Kier alpha value is -1.43. The third-order valence-corrected chi connectivity index (χ3v) is 3.96. The van der Waals surface area contributed by atoms with Gasteiger partial charge in [-0.1, -0.05) is 13.8 Å². The van der Waals surface area contributed by atoms with Crippen LogP contribution in [-0.2, 0) is 0 Å². The molecule has 0 spiro atoms. The Morgan fingerprint density at radius 3 is 2.42 bits per heavy atom. The minimum absolute atomic E-state index is 0.0650. The molecule has 1 rings (SSSR count). The molecule has 0 heterocycles. The lowest BCUT2D eigenvalue weighted by molar-refractivity contribution is -0.385. The molecular weight excluding hydrogens is 312 g/mol. The van der Waals surface area contributed by atoms with Crippen molar-refractivity contribution in [2.75, 3.05) is 7.05 Å². The van der Waals surface area contributed by atoms with Crippen LogP contribution >= 0.6 is 15.9 Å². The van der Waals surface area contributed by atoms with E-state index in [0.717, 1.165) is 0 Å². The summed E-state index contributed by atoms with van der Waals surface area (Å²) < 4.78 is 0.369. The minimum Gasteiger partial charge on any atom is -0.339 e. The summed E-state index contributed by atoms with van der Waals surface area (Å²) in [5.74, 6) is 0.108. The highest BCUT2D eigenvalue weighted by Crippen LogP contribution is 2.26. The SMILES string of the molecule is CC(C)C(C)N(C)C(=O)c1ccc(Br)c([N+](=O)[O-])c1. The number of carbonyl (C=O) groups excluding carboxylic acids is 1. The van der Waals surface area contributed by atoms with Gasteiger partial charge in [0.2, 0.25) is 0 Å². The van der Waals surface area contributed by atoms with Gasteiger partial charge in [0, 0.05) is 24.7 Å². The maximum absolute atomic E-state index is 12.3. The molecule has 1 aromatic carbocycles. The molecule has 1 unspecified atom stereocenters. The maximum Gasteiger partial charge on any atom is 0.284 e. The van der Waals surface area contributed by atoms with E-state index >= 15 is 0 Å². The molecule has 0 saturated carbocycles. The molecule has 0 fully saturated rings. The zero-order valence-electron chi connectivity index (χ0n) is 11.4. The standard InChI is InChI=1S/C13H17BrN2O3/c1-8(2)9(3)15(4)13(17)10-5-6-11(14)12(7-10)16(18)19/h5-9H,1-4H3. The van der Waals surface area contributed by atoms with Gasteiger partial charge in [0.15, 0.2) is 0 Å². The number of halogens is 1. The first-order chi connectivity index (χ1) is 8.75. The van der Waals surface area contributed by atoms with Crippen LogP contribution in [0, 0.1) is 16.0 Å². The summed E-state index contributed by atoms with van der Waals surface area (Å²) in [5.41, 5.74) is 0.223. The van der Waals surface area contributed by atoms with E-state index in [4.69, 9.17) is 0 Å². The molecule has 1 atom stereocenters. The molecule has 0 radical (unpaired) electrons. The van der Waals surface area contributed by atoms with Gasteiger partial charge in [-0.3, -0.25) is 14.9 Å². The van der Waals surface area contributed by atoms with E-state index in [1.54, 1.807) is 18.0 Å². The molecule has 6 heteroatoms. The minimum atomic E-state index is -0.507. The average molecular weight is 329 g/mol. The molecule has 104 valence electrons. The van der Waals surface area contributed by atoms with Crippen molar-refractivity contribution < 1.29 is 9.72 Å². The quantitative estimate of drug-likeness (QED) is 0.627. The van der Waals surface area contributed by atoms with Gasteiger partial charge in [-0.05, 0) is 40.9 Å². The van der Waals surface area contributed by atoms with E-state index in [0.29, 0.717) is 16.0 Å². The monoisotopic (exact) mass is 328 g/mol. The van der Waals surface area contributed by atoms with Gasteiger partial charge in [0.05, 0.1) is 9.40 Å². The topological polar surface area (TPSA) is 63.5 Å². The normalized spacial score (nSPS) is 12.3. The number of rotatable bonds is 4. The second kappa shape index (κ2) is 6.14. The van der Waals surface area contributed by atoms with Gasteiger partial charge < -0.3 is 4.90 Å². The van der Waals surface area contributed by atoms with Crippen LogP contribution in [0.1, 0.15) is 31.1 Å². The molecule has 19 heavy (non-hydrogen) atoms. The van der Waals surface area contributed by atoms with E-state index < -0.39 is 4.92 Å². The molecule has 0 aliphatic rings. The first-order valence-electron chi connectivity index (χ1n) is 5.96. The number of amides is 1. The fourth-order valence-electron chi connectivity index (χ4n) is 1.62. The molecule has 0 saturated heterocycles. The molecule has 1 amide bonds. The third kappa shape index (κ3) is 3.53. The highest BCUT2D eigenvalue weighted by atomic mass is 79.9. The van der Waals surface area contributed by atoms with Crippen molar-refractivity contribution in [1.82, 2.24) is 4.90 Å². The van der Waals surface area contributed by atoms with Crippen molar-refractivity contribution in [2.24, 2.45) is 5.92 Å². The molecule has 0 aromatic heterocycles. The summed E-state index contributed by atoms with van der Waals surface area (Å²) in [6.07, 6.45) is 0. The van der Waals surface area contributed by atoms with Crippen LogP contribution in [0.3, 0.4) is 0 Å². The third-order valence-electron chi connectivity index (χ3n) is 3.29. The van der Waals surface area contributed by atoms with E-state index in [9.17, 15) is 14.9 Å². The van der Waals surface area contributed by atoms with Crippen molar-refractivity contribution >= 4 is 27.5 Å². The zero-order chi connectivity index (χ0) is 14.7. The number of nitrogens with zero attached hydrogens (tertiary/aromatic N) is 2. The molecule has 0 N–H and O–H groups in total. The Labute approximate surface area is 120 Å². The summed E-state index contributed by atoms with van der Waals surface area (Å²) in [4.78, 5) is 24.2. The van der Waals surface area contributed by atoms with Crippen molar-refractivity contribution in [1.29, 1.82) is 0 Å². The Kier molecular flexibility index (Phi) is 5.05. The van der Waals surface area contributed by atoms with E-state index in [2.05, 4.69) is 15.9 Å². The number of benzene rings is 1. The predicted octanol–water partition coefficient (Wildman–Crippen LogP) is 3.47. The Morgan fingerprint density at radius 1 is 1.37 bits per heavy atom. The molecular formula is C13H17BrN2O3. The second-order valence-electron chi connectivity index (χ2n) is 4.82. The number of nitro groups is 1. The Morgan fingerprint density at radius 2 is 1.95 bits per heavy atom. The number of hydrogen-bond acceptors (Lipinski definition) is 3. The summed E-state index contributed by atoms with van der Waals surface area (Å²) in [6, 6.07) is 4.48. The Bertz CT molecular complexity index is 503. The van der Waals surface area contributed by atoms with Crippen LogP contribution in [-0.4, -0.2) is 28.8 Å². The first-order valence-corrected chi connectivity index (χ1v) is 6.76. The number of carbonyl (C=O) groups is 1. The van der Waals surface area contributed by atoms with Crippen molar-refractivity contribution in [2.45, 2.75) is 26.8 Å². The smallest absolute Gasteiger partial charge is 0.284 e. The first kappa shape index (κ1) is 15.6. The van der Waals surface area contributed by atoms with Crippen LogP contribution in [0.4, 0.5) is 5.69 Å². The van der Waals surface area contributed by atoms with Gasteiger partial charge in [-0.25, -0.2) is 0 Å². The molecule has 1 aromatic rings. The number of hydrogen-bond donors (Lipinski definition) is 0. The van der Waals surface area contributed by atoms with Crippen LogP contribution < -0.4 is 0 Å². The van der Waals surface area contributed by atoms with Gasteiger partial charge in [-0.15, -0.1) is 0 Å². The largest absolute Gasteiger partial charge is 0.339 e. The van der Waals surface area contributed by atoms with E-state index in [1.807, 2.05) is 20.8 Å². The fraction of sp³-hybridized carbons (Fsp3) is 0.462. The molecule has 0 bridgehead atoms. The Balaban J connectivity index is 3.07. The maximum atomic E-state index is 12.3. The van der Waals surface area contributed by atoms with Crippen LogP contribution in [0.15, 0.2) is 22.7 Å². The lowest BCUT2D eigenvalue weighted by Crippen LogP contribution is -2.38. The van der Waals surface area contributed by atoms with Gasteiger partial charge in [-0.2, -0.15) is 0 Å². The number of nitro benzene ring substituents is 1. The van der Waals surface area contributed by atoms with Gasteiger partial charge in [0.25, 0.3) is 11.6 Å². The lowest BCUT2D eigenvalue weighted by Gasteiger charge is -2.28. The summed E-state index contributed by atoms with van der Waals surface area (Å²) >= 11 is 3.10. The van der Waals surface area contributed by atoms with Gasteiger partial charge in [0.1, 0.15) is 0 Å². The van der Waals surface area contributed by atoms with Crippen LogP contribution in [0.2, 0.25) is 0 Å². The summed E-state index contributed by atoms with van der Waals surface area (Å²) in [5, 5.41) is 10.9. The molecule has 0 aliphatic heterocycles. The molecule has 0 aliphatic carbocycles. The highest BCUT2D eigenvalue weighted by molar-refractivity contribution is 9.10. The zero-order valence-corrected chi connectivity index (χ0v) is 13.0. The molecule has 5 nitrogen and oxygen atoms in total. The van der Waals surface area contributed by atoms with E-state index in [1.165, 1.54) is 12.1 Å². The highest BCUT2D eigenvalue weighted by Gasteiger charge is 2.22. The van der Waals surface area contributed by atoms with Crippen molar-refractivity contribution in [3.05, 3.63) is 38.3 Å². The fourth-order valence-corrected chi connectivity index (χ4v) is 2.01. The second-order valence-corrected chi connectivity index (χ2v) is 5.68.